The molecule has 0 bridgehead atoms. The van der Waals surface area contributed by atoms with Crippen molar-refractivity contribution in [2.45, 2.75) is 38.0 Å². The molecule has 2 aromatic carbocycles. The maximum Gasteiger partial charge on any atom is 0.434 e. The number of benzene rings is 2. The second-order valence-electron chi connectivity index (χ2n) is 9.88. The van der Waals surface area contributed by atoms with Gasteiger partial charge in [-0.15, -0.1) is 0 Å². The van der Waals surface area contributed by atoms with Crippen LogP contribution in [-0.2, 0) is 11.0 Å². The largest absolute Gasteiger partial charge is 0.481 e. The van der Waals surface area contributed by atoms with E-state index in [0.717, 1.165) is 19.2 Å². The van der Waals surface area contributed by atoms with Crippen LogP contribution in [0.25, 0.3) is 28.5 Å². The SMILES string of the molecule is O=C(O)C[C@]1(C[C@H](O)c2ccc(-c3noc(-c4cnn(-c5ccccc5Cl)c4C(F)(F)F)n3)cc2)CCCNC1. The molecule has 1 fully saturated rings. The molecule has 3 N–H and O–H groups in total. The summed E-state index contributed by atoms with van der Waals surface area (Å²) in [6.45, 7) is 1.32. The normalized spacial score (nSPS) is 18.5. The maximum atomic E-state index is 14.1. The lowest BCUT2D eigenvalue weighted by molar-refractivity contribution is -0.142. The van der Waals surface area contributed by atoms with Crippen molar-refractivity contribution < 1.29 is 32.7 Å². The number of aromatic nitrogens is 4. The second kappa shape index (κ2) is 11.0. The molecule has 0 spiro atoms. The van der Waals surface area contributed by atoms with E-state index >= 15 is 0 Å². The van der Waals surface area contributed by atoms with Crippen LogP contribution in [0.5, 0.6) is 0 Å². The Hall–Kier alpha value is -3.74. The minimum absolute atomic E-state index is 0.0470. The highest BCUT2D eigenvalue weighted by Gasteiger charge is 2.41. The molecule has 1 saturated heterocycles. The number of rotatable bonds is 8. The van der Waals surface area contributed by atoms with Crippen LogP contribution in [0.3, 0.4) is 0 Å². The molecule has 5 rings (SSSR count). The van der Waals surface area contributed by atoms with Crippen molar-refractivity contribution in [2.75, 3.05) is 13.1 Å². The van der Waals surface area contributed by atoms with Crippen LogP contribution in [0.1, 0.15) is 43.0 Å². The minimum atomic E-state index is -4.80. The zero-order valence-corrected chi connectivity index (χ0v) is 21.8. The average molecular weight is 576 g/mol. The highest BCUT2D eigenvalue weighted by Crippen LogP contribution is 2.41. The van der Waals surface area contributed by atoms with Crippen molar-refractivity contribution >= 4 is 17.6 Å². The molecule has 9 nitrogen and oxygen atoms in total. The third-order valence-corrected chi connectivity index (χ3v) is 7.36. The Morgan fingerprint density at radius 3 is 2.60 bits per heavy atom. The standard InChI is InChI=1S/C27H25ClF3N5O4/c28-19-4-1-2-5-20(19)36-23(27(29,30)31)18(14-33-36)25-34-24(35-40-25)17-8-6-16(7-9-17)21(37)12-26(13-22(38)39)10-3-11-32-15-26/h1-2,4-9,14,21,32,37H,3,10-13,15H2,(H,38,39)/t21-,26+/m0/s1. The summed E-state index contributed by atoms with van der Waals surface area (Å²) < 4.78 is 48.2. The highest BCUT2D eigenvalue weighted by atomic mass is 35.5. The third-order valence-electron chi connectivity index (χ3n) is 7.04. The molecule has 210 valence electrons. The number of carboxylic acids is 1. The number of carboxylic acid groups (broad SMARTS) is 1. The van der Waals surface area contributed by atoms with Crippen LogP contribution < -0.4 is 5.32 Å². The Morgan fingerprint density at radius 2 is 1.95 bits per heavy atom. The van der Waals surface area contributed by atoms with E-state index in [1.54, 1.807) is 36.4 Å². The van der Waals surface area contributed by atoms with E-state index in [-0.39, 0.29) is 35.3 Å². The summed E-state index contributed by atoms with van der Waals surface area (Å²) in [6.07, 6.45) is -2.97. The Balaban J connectivity index is 1.39. The lowest BCUT2D eigenvalue weighted by atomic mass is 9.73. The second-order valence-corrected chi connectivity index (χ2v) is 10.3. The topological polar surface area (TPSA) is 126 Å². The number of nitrogens with zero attached hydrogens (tertiary/aromatic N) is 4. The molecule has 0 aliphatic carbocycles. The zero-order valence-electron chi connectivity index (χ0n) is 21.0. The molecular formula is C27H25ClF3N5O4. The molecule has 0 saturated carbocycles. The van der Waals surface area contributed by atoms with E-state index in [1.165, 1.54) is 12.1 Å². The number of halogens is 4. The smallest absolute Gasteiger partial charge is 0.434 e. The Bertz CT molecular complexity index is 1500. The van der Waals surface area contributed by atoms with Crippen molar-refractivity contribution in [3.05, 3.63) is 71.0 Å². The number of hydrogen-bond donors (Lipinski definition) is 3. The quantitative estimate of drug-likeness (QED) is 0.250. The van der Waals surface area contributed by atoms with Gasteiger partial charge in [0, 0.05) is 12.1 Å². The molecule has 2 aromatic heterocycles. The van der Waals surface area contributed by atoms with E-state index in [1.807, 2.05) is 0 Å². The first kappa shape index (κ1) is 27.8. The summed E-state index contributed by atoms with van der Waals surface area (Å²) in [5, 5.41) is 31.3. The number of aliphatic hydroxyl groups is 1. The number of nitrogens with one attached hydrogen (secondary N) is 1. The molecule has 3 heterocycles. The monoisotopic (exact) mass is 575 g/mol. The maximum absolute atomic E-state index is 14.1. The van der Waals surface area contributed by atoms with Gasteiger partial charge in [0.2, 0.25) is 5.82 Å². The first-order valence-corrected chi connectivity index (χ1v) is 12.9. The molecule has 1 aliphatic rings. The number of hydrogen-bond acceptors (Lipinski definition) is 7. The van der Waals surface area contributed by atoms with Gasteiger partial charge in [0.05, 0.1) is 35.0 Å². The summed E-state index contributed by atoms with van der Waals surface area (Å²) in [6, 6.07) is 12.6. The Labute approximate surface area is 231 Å². The van der Waals surface area contributed by atoms with Crippen molar-refractivity contribution in [3.63, 3.8) is 0 Å². The van der Waals surface area contributed by atoms with Gasteiger partial charge in [0.15, 0.2) is 5.69 Å². The van der Waals surface area contributed by atoms with Gasteiger partial charge in [-0.2, -0.15) is 23.3 Å². The van der Waals surface area contributed by atoms with E-state index < -0.39 is 34.9 Å². The fourth-order valence-corrected chi connectivity index (χ4v) is 5.38. The van der Waals surface area contributed by atoms with Gasteiger partial charge in [-0.3, -0.25) is 4.79 Å². The predicted octanol–water partition coefficient (Wildman–Crippen LogP) is 5.53. The fourth-order valence-electron chi connectivity index (χ4n) is 5.16. The van der Waals surface area contributed by atoms with Gasteiger partial charge in [-0.1, -0.05) is 53.2 Å². The molecule has 0 radical (unpaired) electrons. The van der Waals surface area contributed by atoms with Crippen LogP contribution in [0.4, 0.5) is 13.2 Å². The van der Waals surface area contributed by atoms with Gasteiger partial charge in [-0.25, -0.2) is 4.68 Å². The number of para-hydroxylation sites is 1. The lowest BCUT2D eigenvalue weighted by Crippen LogP contribution is -2.42. The van der Waals surface area contributed by atoms with Crippen LogP contribution >= 0.6 is 11.6 Å². The molecule has 40 heavy (non-hydrogen) atoms. The van der Waals surface area contributed by atoms with Crippen molar-refractivity contribution in [3.8, 4) is 28.5 Å². The molecule has 0 unspecified atom stereocenters. The summed E-state index contributed by atoms with van der Waals surface area (Å²) in [5.74, 6) is -1.23. The molecular weight excluding hydrogens is 551 g/mol. The van der Waals surface area contributed by atoms with Crippen LogP contribution in [0.15, 0.2) is 59.3 Å². The van der Waals surface area contributed by atoms with E-state index in [2.05, 4.69) is 20.6 Å². The van der Waals surface area contributed by atoms with Gasteiger partial charge < -0.3 is 20.1 Å². The van der Waals surface area contributed by atoms with Gasteiger partial charge in [0.1, 0.15) is 0 Å². The highest BCUT2D eigenvalue weighted by molar-refractivity contribution is 6.32. The molecule has 13 heteroatoms. The van der Waals surface area contributed by atoms with Gasteiger partial charge in [0.25, 0.3) is 5.89 Å². The van der Waals surface area contributed by atoms with Crippen molar-refractivity contribution in [1.82, 2.24) is 25.2 Å². The minimum Gasteiger partial charge on any atom is -0.481 e. The van der Waals surface area contributed by atoms with E-state index in [0.29, 0.717) is 28.8 Å². The number of carbonyl (C=O) groups is 1. The van der Waals surface area contributed by atoms with Gasteiger partial charge >= 0.3 is 12.1 Å². The lowest BCUT2D eigenvalue weighted by Gasteiger charge is -2.38. The third kappa shape index (κ3) is 5.74. The summed E-state index contributed by atoms with van der Waals surface area (Å²) in [7, 11) is 0. The Kier molecular flexibility index (Phi) is 7.67. The number of aliphatic hydroxyl groups excluding tert-OH is 1. The van der Waals surface area contributed by atoms with Crippen LogP contribution in [0, 0.1) is 5.41 Å². The van der Waals surface area contributed by atoms with Crippen molar-refractivity contribution in [1.29, 1.82) is 0 Å². The van der Waals surface area contributed by atoms with E-state index in [9.17, 15) is 28.2 Å². The molecule has 4 aromatic rings. The Morgan fingerprint density at radius 1 is 1.20 bits per heavy atom. The fraction of sp³-hybridized carbons (Fsp3) is 0.333. The first-order chi connectivity index (χ1) is 19.1. The summed E-state index contributed by atoms with van der Waals surface area (Å²) in [4.78, 5) is 15.6. The average Bonchev–Trinajstić information content (AvgIpc) is 3.57. The molecule has 2 atom stereocenters. The van der Waals surface area contributed by atoms with Gasteiger partial charge in [-0.05, 0) is 48.9 Å². The van der Waals surface area contributed by atoms with Crippen LogP contribution in [-0.4, -0.2) is 49.2 Å². The first-order valence-electron chi connectivity index (χ1n) is 12.5. The number of alkyl halides is 3. The number of piperidine rings is 1. The van der Waals surface area contributed by atoms with E-state index in [4.69, 9.17) is 16.1 Å². The summed E-state index contributed by atoms with van der Waals surface area (Å²) in [5.41, 5.74) is -0.994. The molecule has 1 aliphatic heterocycles. The van der Waals surface area contributed by atoms with Crippen LogP contribution in [0.2, 0.25) is 5.02 Å². The molecule has 0 amide bonds. The zero-order chi connectivity index (χ0) is 28.5. The van der Waals surface area contributed by atoms with Crippen molar-refractivity contribution in [2.24, 2.45) is 5.41 Å². The predicted molar refractivity (Wildman–Crippen MR) is 139 cm³/mol. The summed E-state index contributed by atoms with van der Waals surface area (Å²) >= 11 is 6.11. The number of aliphatic carboxylic acids is 1.